The third kappa shape index (κ3) is 4.02. The van der Waals surface area contributed by atoms with Crippen molar-refractivity contribution in [1.29, 1.82) is 0 Å². The van der Waals surface area contributed by atoms with Gasteiger partial charge >= 0.3 is 0 Å². The van der Waals surface area contributed by atoms with Gasteiger partial charge in [0.05, 0.1) is 20.3 Å². The molecule has 0 aliphatic carbocycles. The first-order chi connectivity index (χ1) is 12.2. The lowest BCUT2D eigenvalue weighted by Gasteiger charge is -2.33. The molecule has 0 unspecified atom stereocenters. The Labute approximate surface area is 148 Å². The van der Waals surface area contributed by atoms with Gasteiger partial charge in [0.15, 0.2) is 0 Å². The zero-order chi connectivity index (χ0) is 17.6. The summed E-state index contributed by atoms with van der Waals surface area (Å²) < 4.78 is 10.7. The standard InChI is InChI=1S/C21H23NO3/c1-24-19-12-11-17(20(14-19)25-2)15-22-18(9-6-10-21(22)23)13-16-7-4-3-5-8-16/h3-9,11-12,14,18H,10,13,15H2,1-2H3/t18-/m1/s1. The van der Waals surface area contributed by atoms with Crippen LogP contribution in [0.3, 0.4) is 0 Å². The van der Waals surface area contributed by atoms with E-state index in [1.54, 1.807) is 14.2 Å². The third-order valence-corrected chi connectivity index (χ3v) is 4.49. The maximum Gasteiger partial charge on any atom is 0.227 e. The molecule has 3 rings (SSSR count). The van der Waals surface area contributed by atoms with E-state index in [-0.39, 0.29) is 11.9 Å². The van der Waals surface area contributed by atoms with Gasteiger partial charge in [-0.25, -0.2) is 0 Å². The lowest BCUT2D eigenvalue weighted by molar-refractivity contribution is -0.133. The van der Waals surface area contributed by atoms with Gasteiger partial charge in [-0.1, -0.05) is 42.5 Å². The maximum absolute atomic E-state index is 12.5. The minimum Gasteiger partial charge on any atom is -0.497 e. The minimum absolute atomic E-state index is 0.0513. The molecule has 1 aliphatic heterocycles. The summed E-state index contributed by atoms with van der Waals surface area (Å²) in [6, 6.07) is 16.0. The molecule has 2 aromatic rings. The van der Waals surface area contributed by atoms with Crippen LogP contribution in [0.25, 0.3) is 0 Å². The molecular formula is C21H23NO3. The predicted octanol–water partition coefficient (Wildman–Crippen LogP) is 3.60. The van der Waals surface area contributed by atoms with Crippen molar-refractivity contribution >= 4 is 5.91 Å². The molecule has 0 spiro atoms. The highest BCUT2D eigenvalue weighted by Gasteiger charge is 2.25. The van der Waals surface area contributed by atoms with Gasteiger partial charge < -0.3 is 14.4 Å². The van der Waals surface area contributed by atoms with Crippen molar-refractivity contribution in [3.05, 3.63) is 71.8 Å². The summed E-state index contributed by atoms with van der Waals surface area (Å²) >= 11 is 0. The number of hydrogen-bond donors (Lipinski definition) is 0. The van der Waals surface area contributed by atoms with Crippen LogP contribution in [0.5, 0.6) is 11.5 Å². The second kappa shape index (κ2) is 7.88. The number of hydrogen-bond acceptors (Lipinski definition) is 3. The Morgan fingerprint density at radius 3 is 2.60 bits per heavy atom. The maximum atomic E-state index is 12.5. The summed E-state index contributed by atoms with van der Waals surface area (Å²) in [5.41, 5.74) is 2.20. The number of methoxy groups -OCH3 is 2. The Morgan fingerprint density at radius 2 is 1.88 bits per heavy atom. The number of ether oxygens (including phenoxy) is 2. The third-order valence-electron chi connectivity index (χ3n) is 4.49. The summed E-state index contributed by atoms with van der Waals surface area (Å²) in [7, 11) is 3.26. The average Bonchev–Trinajstić information content (AvgIpc) is 2.65. The molecule has 1 atom stereocenters. The topological polar surface area (TPSA) is 38.8 Å². The van der Waals surface area contributed by atoms with E-state index in [1.807, 2.05) is 47.4 Å². The van der Waals surface area contributed by atoms with Crippen molar-refractivity contribution in [3.63, 3.8) is 0 Å². The van der Waals surface area contributed by atoms with E-state index >= 15 is 0 Å². The number of nitrogens with zero attached hydrogens (tertiary/aromatic N) is 1. The van der Waals surface area contributed by atoms with Crippen LogP contribution < -0.4 is 9.47 Å². The summed E-state index contributed by atoms with van der Waals surface area (Å²) in [5.74, 6) is 1.62. The molecule has 130 valence electrons. The average molecular weight is 337 g/mol. The minimum atomic E-state index is 0.0513. The van der Waals surface area contributed by atoms with Gasteiger partial charge in [-0.15, -0.1) is 0 Å². The van der Waals surface area contributed by atoms with Crippen LogP contribution in [0.15, 0.2) is 60.7 Å². The molecule has 0 radical (unpaired) electrons. The van der Waals surface area contributed by atoms with Crippen LogP contribution in [0.2, 0.25) is 0 Å². The second-order valence-corrected chi connectivity index (χ2v) is 6.09. The fourth-order valence-corrected chi connectivity index (χ4v) is 3.14. The number of amides is 1. The number of carbonyl (C=O) groups excluding carboxylic acids is 1. The predicted molar refractivity (Wildman–Crippen MR) is 97.8 cm³/mol. The first-order valence-corrected chi connectivity index (χ1v) is 8.42. The Kier molecular flexibility index (Phi) is 5.39. The molecule has 0 bridgehead atoms. The number of rotatable bonds is 6. The lowest BCUT2D eigenvalue weighted by atomic mass is 9.99. The van der Waals surface area contributed by atoms with Gasteiger partial charge in [-0.3, -0.25) is 4.79 Å². The van der Waals surface area contributed by atoms with Gasteiger partial charge in [0, 0.05) is 24.6 Å². The number of carbonyl (C=O) groups is 1. The van der Waals surface area contributed by atoms with Crippen molar-refractivity contribution < 1.29 is 14.3 Å². The molecular weight excluding hydrogens is 314 g/mol. The van der Waals surface area contributed by atoms with Gasteiger partial charge in [0.2, 0.25) is 5.91 Å². The molecule has 0 saturated carbocycles. The molecule has 1 heterocycles. The fraction of sp³-hybridized carbons (Fsp3) is 0.286. The zero-order valence-corrected chi connectivity index (χ0v) is 14.6. The molecule has 1 amide bonds. The highest BCUT2D eigenvalue weighted by atomic mass is 16.5. The van der Waals surface area contributed by atoms with E-state index in [4.69, 9.17) is 9.47 Å². The molecule has 2 aromatic carbocycles. The summed E-state index contributed by atoms with van der Waals surface area (Å²) in [6.45, 7) is 0.522. The van der Waals surface area contributed by atoms with E-state index in [1.165, 1.54) is 5.56 Å². The highest BCUT2D eigenvalue weighted by Crippen LogP contribution is 2.28. The van der Waals surface area contributed by atoms with Crippen molar-refractivity contribution in [2.45, 2.75) is 25.4 Å². The second-order valence-electron chi connectivity index (χ2n) is 6.09. The van der Waals surface area contributed by atoms with Crippen molar-refractivity contribution in [2.75, 3.05) is 14.2 Å². The molecule has 0 fully saturated rings. The molecule has 0 N–H and O–H groups in total. The quantitative estimate of drug-likeness (QED) is 0.756. The lowest BCUT2D eigenvalue weighted by Crippen LogP contribution is -2.42. The molecule has 0 saturated heterocycles. The largest absolute Gasteiger partial charge is 0.497 e. The highest BCUT2D eigenvalue weighted by molar-refractivity contribution is 5.79. The summed E-state index contributed by atoms with van der Waals surface area (Å²) in [5, 5.41) is 0. The molecule has 4 nitrogen and oxygen atoms in total. The number of benzene rings is 2. The van der Waals surface area contributed by atoms with Gasteiger partial charge in [0.25, 0.3) is 0 Å². The Bertz CT molecular complexity index is 755. The SMILES string of the molecule is COc1ccc(CN2C(=O)CC=C[C@@H]2Cc2ccccc2)c(OC)c1. The molecule has 4 heteroatoms. The Hall–Kier alpha value is -2.75. The van der Waals surface area contributed by atoms with Crippen molar-refractivity contribution in [3.8, 4) is 11.5 Å². The van der Waals surface area contributed by atoms with Crippen LogP contribution in [0.4, 0.5) is 0 Å². The van der Waals surface area contributed by atoms with Crippen LogP contribution in [-0.4, -0.2) is 31.1 Å². The fourth-order valence-electron chi connectivity index (χ4n) is 3.14. The first-order valence-electron chi connectivity index (χ1n) is 8.42. The molecule has 25 heavy (non-hydrogen) atoms. The van der Waals surface area contributed by atoms with Crippen LogP contribution in [-0.2, 0) is 17.8 Å². The van der Waals surface area contributed by atoms with Gasteiger partial charge in [-0.05, 0) is 24.1 Å². The van der Waals surface area contributed by atoms with Crippen LogP contribution in [0, 0.1) is 0 Å². The van der Waals surface area contributed by atoms with Gasteiger partial charge in [0.1, 0.15) is 11.5 Å². The van der Waals surface area contributed by atoms with E-state index in [9.17, 15) is 4.79 Å². The smallest absolute Gasteiger partial charge is 0.227 e. The zero-order valence-electron chi connectivity index (χ0n) is 14.6. The van der Waals surface area contributed by atoms with Crippen LogP contribution >= 0.6 is 0 Å². The molecule has 0 aromatic heterocycles. The Balaban J connectivity index is 1.83. The first kappa shape index (κ1) is 17.1. The summed E-state index contributed by atoms with van der Waals surface area (Å²) in [6.07, 6.45) is 5.35. The van der Waals surface area contributed by atoms with E-state index in [0.29, 0.717) is 13.0 Å². The van der Waals surface area contributed by atoms with E-state index < -0.39 is 0 Å². The van der Waals surface area contributed by atoms with Crippen LogP contribution in [0.1, 0.15) is 17.5 Å². The van der Waals surface area contributed by atoms with E-state index in [0.717, 1.165) is 23.5 Å². The van der Waals surface area contributed by atoms with Crippen molar-refractivity contribution in [1.82, 2.24) is 4.90 Å². The van der Waals surface area contributed by atoms with Crippen molar-refractivity contribution in [2.24, 2.45) is 0 Å². The molecule has 1 aliphatic rings. The Morgan fingerprint density at radius 1 is 1.08 bits per heavy atom. The monoisotopic (exact) mass is 337 g/mol. The van der Waals surface area contributed by atoms with E-state index in [2.05, 4.69) is 18.2 Å². The summed E-state index contributed by atoms with van der Waals surface area (Å²) in [4.78, 5) is 14.5. The van der Waals surface area contributed by atoms with Gasteiger partial charge in [-0.2, -0.15) is 0 Å². The normalized spacial score (nSPS) is 16.8.